The molecule has 4 rings (SSSR count). The molecule has 1 fully saturated rings. The summed E-state index contributed by atoms with van der Waals surface area (Å²) in [6.07, 6.45) is -6.00. The lowest BCUT2D eigenvalue weighted by Crippen LogP contribution is -2.56. The first-order chi connectivity index (χ1) is 20.2. The molecule has 0 aliphatic carbocycles. The van der Waals surface area contributed by atoms with Crippen molar-refractivity contribution in [2.24, 2.45) is 0 Å². The number of aromatic nitrogens is 1. The zero-order chi connectivity index (χ0) is 31.4. The van der Waals surface area contributed by atoms with E-state index in [0.29, 0.717) is 44.8 Å². The predicted molar refractivity (Wildman–Crippen MR) is 151 cm³/mol. The highest BCUT2D eigenvalue weighted by atomic mass is 19.4. The van der Waals surface area contributed by atoms with Crippen LogP contribution in [0.1, 0.15) is 34.0 Å². The van der Waals surface area contributed by atoms with Crippen molar-refractivity contribution in [1.29, 1.82) is 0 Å². The third-order valence-corrected chi connectivity index (χ3v) is 7.32. The number of hydrogen-bond donors (Lipinski definition) is 2. The number of para-hydroxylation sites is 1. The number of allylic oxidation sites excluding steroid dienone is 1. The number of carbonyl (C=O) groups excluding carboxylic acids is 1. The zero-order valence-electron chi connectivity index (χ0n) is 24.1. The number of hydroxylamine groups is 1. The minimum atomic E-state index is -5.05. The Bertz CT molecular complexity index is 1400. The van der Waals surface area contributed by atoms with Crippen LogP contribution in [0.15, 0.2) is 60.4 Å². The maximum absolute atomic E-state index is 13.7. The molecule has 1 amide bonds. The number of carbonyl (C=O) groups is 1. The summed E-state index contributed by atoms with van der Waals surface area (Å²) in [4.78, 5) is 27.7. The third kappa shape index (κ3) is 8.52. The summed E-state index contributed by atoms with van der Waals surface area (Å²) in [7, 11) is 3.87. The van der Waals surface area contributed by atoms with Gasteiger partial charge < -0.3 is 14.8 Å². The fourth-order valence-electron chi connectivity index (χ4n) is 5.03. The average Bonchev–Trinajstić information content (AvgIpc) is 3.35. The quantitative estimate of drug-likeness (QED) is 0.179. The van der Waals surface area contributed by atoms with E-state index in [1.54, 1.807) is 0 Å². The van der Waals surface area contributed by atoms with Gasteiger partial charge in [0.2, 0.25) is 0 Å². The Morgan fingerprint density at radius 3 is 2.40 bits per heavy atom. The van der Waals surface area contributed by atoms with Crippen molar-refractivity contribution in [3.63, 3.8) is 0 Å². The molecule has 1 aliphatic rings. The van der Waals surface area contributed by atoms with Gasteiger partial charge in [-0.15, -0.1) is 0 Å². The molecule has 234 valence electrons. The van der Waals surface area contributed by atoms with Crippen molar-refractivity contribution < 1.29 is 36.0 Å². The highest BCUT2D eigenvalue weighted by molar-refractivity contribution is 5.95. The Hall–Kier alpha value is -3.55. The largest absolute Gasteiger partial charge is 0.416 e. The van der Waals surface area contributed by atoms with E-state index in [4.69, 9.17) is 4.84 Å². The zero-order valence-corrected chi connectivity index (χ0v) is 24.1. The van der Waals surface area contributed by atoms with E-state index in [1.165, 1.54) is 4.90 Å². The number of nitrogens with one attached hydrogen (secondary N) is 2. The Morgan fingerprint density at radius 2 is 1.74 bits per heavy atom. The molecule has 1 aliphatic heterocycles. The lowest BCUT2D eigenvalue weighted by molar-refractivity contribution is -0.143. The molecule has 0 spiro atoms. The lowest BCUT2D eigenvalue weighted by atomic mass is 9.98. The third-order valence-electron chi connectivity index (χ3n) is 7.32. The Labute approximate surface area is 246 Å². The van der Waals surface area contributed by atoms with Crippen LogP contribution in [0.5, 0.6) is 0 Å². The number of amides is 1. The summed E-state index contributed by atoms with van der Waals surface area (Å²) in [5.74, 6) is -0.872. The molecular formula is C30H35F6N5O2. The number of alkyl halides is 6. The number of H-pyrrole nitrogens is 1. The summed E-state index contributed by atoms with van der Waals surface area (Å²) >= 11 is 0. The van der Waals surface area contributed by atoms with Crippen LogP contribution in [0, 0.1) is 0 Å². The molecular weight excluding hydrogens is 576 g/mol. The summed E-state index contributed by atoms with van der Waals surface area (Å²) in [5, 5.41) is 0.931. The summed E-state index contributed by atoms with van der Waals surface area (Å²) in [6, 6.07) is 8.09. The summed E-state index contributed by atoms with van der Waals surface area (Å²) < 4.78 is 81.2. The molecule has 0 bridgehead atoms. The first-order valence-corrected chi connectivity index (χ1v) is 13.8. The van der Waals surface area contributed by atoms with E-state index in [2.05, 4.69) is 15.4 Å². The van der Waals surface area contributed by atoms with E-state index in [0.717, 1.165) is 28.7 Å². The van der Waals surface area contributed by atoms with Gasteiger partial charge in [0.05, 0.1) is 17.7 Å². The highest BCUT2D eigenvalue weighted by Gasteiger charge is 2.39. The van der Waals surface area contributed by atoms with Crippen LogP contribution in [-0.4, -0.2) is 85.1 Å². The van der Waals surface area contributed by atoms with Gasteiger partial charge in [0.1, 0.15) is 0 Å². The molecule has 0 saturated carbocycles. The van der Waals surface area contributed by atoms with Gasteiger partial charge in [0.15, 0.2) is 0 Å². The number of rotatable bonds is 10. The molecule has 0 unspecified atom stereocenters. The van der Waals surface area contributed by atoms with Crippen molar-refractivity contribution in [3.8, 4) is 0 Å². The maximum atomic E-state index is 13.7. The van der Waals surface area contributed by atoms with Gasteiger partial charge in [-0.3, -0.25) is 20.0 Å². The number of hydrogen-bond acceptors (Lipinski definition) is 5. The summed E-state index contributed by atoms with van der Waals surface area (Å²) in [5.41, 5.74) is 1.77. The molecule has 1 atom stereocenters. The van der Waals surface area contributed by atoms with Crippen LogP contribution in [0.4, 0.5) is 26.3 Å². The van der Waals surface area contributed by atoms with Gasteiger partial charge in [0, 0.05) is 67.1 Å². The van der Waals surface area contributed by atoms with Gasteiger partial charge in [-0.2, -0.15) is 26.3 Å². The van der Waals surface area contributed by atoms with Crippen LogP contribution < -0.4 is 5.48 Å². The number of aromatic amines is 1. The molecule has 43 heavy (non-hydrogen) atoms. The fourth-order valence-corrected chi connectivity index (χ4v) is 5.03. The second-order valence-corrected chi connectivity index (χ2v) is 10.9. The van der Waals surface area contributed by atoms with Crippen molar-refractivity contribution in [2.45, 2.75) is 31.7 Å². The number of halogens is 6. The topological polar surface area (TPSA) is 63.8 Å². The molecule has 1 aromatic heterocycles. The van der Waals surface area contributed by atoms with E-state index < -0.39 is 41.0 Å². The van der Waals surface area contributed by atoms with Crippen LogP contribution in [0.3, 0.4) is 0 Å². The summed E-state index contributed by atoms with van der Waals surface area (Å²) in [6.45, 7) is 4.45. The first-order valence-electron chi connectivity index (χ1n) is 13.8. The first kappa shape index (κ1) is 32.4. The van der Waals surface area contributed by atoms with Crippen molar-refractivity contribution >= 4 is 16.8 Å². The van der Waals surface area contributed by atoms with Gasteiger partial charge >= 0.3 is 12.4 Å². The number of nitrogens with zero attached hydrogens (tertiary/aromatic N) is 3. The highest BCUT2D eigenvalue weighted by Crippen LogP contribution is 2.37. The van der Waals surface area contributed by atoms with Gasteiger partial charge in [-0.05, 0) is 63.3 Å². The lowest BCUT2D eigenvalue weighted by Gasteiger charge is -2.41. The molecule has 7 nitrogen and oxygen atoms in total. The standard InChI is InChI=1S/C30H35F6N5O2/c1-20(38-43-13-12-39(2)3)8-9-40-10-11-41(25(19-40)16-22-18-37-27-7-5-4-6-26(22)27)28(42)21-14-23(29(31,32)33)17-24(15-21)30(34,35)36/h4-8,14-15,17-18,25,37-38H,9-13,16,19H2,1-3H3/t25-/m1/s1. The van der Waals surface area contributed by atoms with Crippen molar-refractivity contribution in [1.82, 2.24) is 25.2 Å². The number of benzene rings is 2. The van der Waals surface area contributed by atoms with Crippen LogP contribution in [0.2, 0.25) is 0 Å². The Balaban J connectivity index is 1.58. The predicted octanol–water partition coefficient (Wildman–Crippen LogP) is 5.56. The van der Waals surface area contributed by atoms with Gasteiger partial charge in [-0.25, -0.2) is 0 Å². The second-order valence-electron chi connectivity index (χ2n) is 10.9. The second kappa shape index (κ2) is 13.4. The van der Waals surface area contributed by atoms with Crippen LogP contribution >= 0.6 is 0 Å². The van der Waals surface area contributed by atoms with Crippen molar-refractivity contribution in [2.75, 3.05) is 53.4 Å². The van der Waals surface area contributed by atoms with Gasteiger partial charge in [-0.1, -0.05) is 18.2 Å². The molecule has 0 radical (unpaired) electrons. The minimum absolute atomic E-state index is 0.0328. The van der Waals surface area contributed by atoms with Gasteiger partial charge in [0.25, 0.3) is 5.91 Å². The van der Waals surface area contributed by atoms with E-state index in [-0.39, 0.29) is 12.6 Å². The normalized spacial score (nSPS) is 17.2. The maximum Gasteiger partial charge on any atom is 0.416 e. The monoisotopic (exact) mass is 611 g/mol. The van der Waals surface area contributed by atoms with Crippen LogP contribution in [0.25, 0.3) is 10.9 Å². The number of likely N-dealkylation sites (N-methyl/N-ethyl adjacent to an activating group) is 1. The van der Waals surface area contributed by atoms with Crippen LogP contribution in [-0.2, 0) is 23.6 Å². The smallest absolute Gasteiger partial charge is 0.361 e. The molecule has 2 N–H and O–H groups in total. The fraction of sp³-hybridized carbons (Fsp3) is 0.433. The molecule has 2 heterocycles. The number of fused-ring (bicyclic) bond motifs is 1. The Morgan fingerprint density at radius 1 is 1.07 bits per heavy atom. The average molecular weight is 612 g/mol. The number of piperazine rings is 1. The Kier molecular flexibility index (Phi) is 10.1. The molecule has 13 heteroatoms. The molecule has 3 aromatic rings. The molecule has 2 aromatic carbocycles. The minimum Gasteiger partial charge on any atom is -0.361 e. The molecule has 1 saturated heterocycles. The van der Waals surface area contributed by atoms with E-state index in [9.17, 15) is 31.1 Å². The van der Waals surface area contributed by atoms with E-state index >= 15 is 0 Å². The van der Waals surface area contributed by atoms with E-state index in [1.807, 2.05) is 62.5 Å². The SMILES string of the molecule is CC(=CCN1CCN(C(=O)c2cc(C(F)(F)F)cc(C(F)(F)F)c2)[C@H](Cc2c[nH]c3ccccc23)C1)NOCCN(C)C. The van der Waals surface area contributed by atoms with Crippen molar-refractivity contribution in [3.05, 3.63) is 82.7 Å².